The van der Waals surface area contributed by atoms with Crippen LogP contribution in [0.15, 0.2) is 23.2 Å². The second-order valence-corrected chi connectivity index (χ2v) is 8.06. The minimum atomic E-state index is -0.395. The van der Waals surface area contributed by atoms with Gasteiger partial charge in [-0.3, -0.25) is 14.6 Å². The first kappa shape index (κ1) is 18.0. The topological polar surface area (TPSA) is 70.6 Å². The number of hydrogen-bond acceptors (Lipinski definition) is 4. The molecule has 2 aliphatic rings. The van der Waals surface area contributed by atoms with Crippen LogP contribution in [0.1, 0.15) is 49.7 Å². The molecule has 134 valence electrons. The number of aryl methyl sites for hydroxylation is 2. The van der Waals surface area contributed by atoms with Gasteiger partial charge in [0.1, 0.15) is 5.25 Å². The van der Waals surface area contributed by atoms with Crippen molar-refractivity contribution in [1.29, 1.82) is 0 Å². The van der Waals surface area contributed by atoms with Crippen molar-refractivity contribution < 1.29 is 9.59 Å². The van der Waals surface area contributed by atoms with E-state index in [1.54, 1.807) is 0 Å². The molecule has 1 aliphatic carbocycles. The Morgan fingerprint density at radius 1 is 1.24 bits per heavy atom. The van der Waals surface area contributed by atoms with Gasteiger partial charge in [-0.2, -0.15) is 0 Å². The van der Waals surface area contributed by atoms with Crippen molar-refractivity contribution in [1.82, 2.24) is 5.32 Å². The van der Waals surface area contributed by atoms with Crippen molar-refractivity contribution >= 4 is 34.4 Å². The van der Waals surface area contributed by atoms with Gasteiger partial charge < -0.3 is 10.6 Å². The number of amides is 2. The average molecular weight is 359 g/mol. The summed E-state index contributed by atoms with van der Waals surface area (Å²) in [4.78, 5) is 29.0. The summed E-state index contributed by atoms with van der Waals surface area (Å²) < 4.78 is 0. The van der Waals surface area contributed by atoms with Crippen molar-refractivity contribution in [2.45, 2.75) is 63.7 Å². The Labute approximate surface area is 153 Å². The lowest BCUT2D eigenvalue weighted by atomic mass is 9.96. The summed E-state index contributed by atoms with van der Waals surface area (Å²) in [7, 11) is 0. The third-order valence-corrected chi connectivity index (χ3v) is 5.91. The fourth-order valence-electron chi connectivity index (χ4n) is 3.18. The van der Waals surface area contributed by atoms with E-state index in [0.717, 1.165) is 24.1 Å². The maximum atomic E-state index is 12.3. The molecule has 1 aromatic carbocycles. The van der Waals surface area contributed by atoms with Crippen LogP contribution in [-0.2, 0) is 9.59 Å². The van der Waals surface area contributed by atoms with Crippen LogP contribution < -0.4 is 10.6 Å². The van der Waals surface area contributed by atoms with Crippen LogP contribution in [-0.4, -0.2) is 28.3 Å². The van der Waals surface area contributed by atoms with Gasteiger partial charge in [-0.1, -0.05) is 37.1 Å². The fourth-order valence-corrected chi connectivity index (χ4v) is 4.22. The zero-order valence-corrected chi connectivity index (χ0v) is 15.6. The second kappa shape index (κ2) is 8.04. The highest BCUT2D eigenvalue weighted by Gasteiger charge is 2.32. The molecule has 6 heteroatoms. The minimum Gasteiger partial charge on any atom is -0.326 e. The highest BCUT2D eigenvalue weighted by Crippen LogP contribution is 2.26. The molecule has 1 saturated heterocycles. The van der Waals surface area contributed by atoms with Crippen LogP contribution in [0.3, 0.4) is 0 Å². The molecule has 0 radical (unpaired) electrons. The van der Waals surface area contributed by atoms with Gasteiger partial charge in [0.25, 0.3) is 0 Å². The number of amidine groups is 1. The molecule has 1 aliphatic heterocycles. The van der Waals surface area contributed by atoms with Gasteiger partial charge in [0.15, 0.2) is 5.17 Å². The van der Waals surface area contributed by atoms with Gasteiger partial charge >= 0.3 is 0 Å². The number of carbonyl (C=O) groups is 2. The van der Waals surface area contributed by atoms with E-state index in [2.05, 4.69) is 15.6 Å². The number of thioether (sulfide) groups is 1. The predicted octanol–water partition coefficient (Wildman–Crippen LogP) is 3.55. The lowest BCUT2D eigenvalue weighted by Crippen LogP contribution is -2.28. The number of hydrogen-bond donors (Lipinski definition) is 2. The first-order valence-corrected chi connectivity index (χ1v) is 9.81. The van der Waals surface area contributed by atoms with E-state index >= 15 is 0 Å². The van der Waals surface area contributed by atoms with Crippen molar-refractivity contribution in [2.24, 2.45) is 4.99 Å². The Morgan fingerprint density at radius 3 is 2.72 bits per heavy atom. The molecule has 2 amide bonds. The first-order valence-electron chi connectivity index (χ1n) is 8.93. The number of carbonyl (C=O) groups excluding carboxylic acids is 2. The third kappa shape index (κ3) is 4.84. The summed E-state index contributed by atoms with van der Waals surface area (Å²) in [6.07, 6.45) is 6.05. The van der Waals surface area contributed by atoms with E-state index < -0.39 is 5.25 Å². The van der Waals surface area contributed by atoms with Crippen LogP contribution in [0.4, 0.5) is 5.69 Å². The summed E-state index contributed by atoms with van der Waals surface area (Å²) in [5.41, 5.74) is 3.09. The summed E-state index contributed by atoms with van der Waals surface area (Å²) in [5, 5.41) is 6.00. The number of aliphatic imine (C=N–C) groups is 1. The SMILES string of the molecule is Cc1ccc(NC(=O)CC2SC(=NC3CCCCC3)NC2=O)cc1C. The van der Waals surface area contributed by atoms with Crippen LogP contribution in [0, 0.1) is 13.8 Å². The zero-order valence-electron chi connectivity index (χ0n) is 14.8. The number of benzene rings is 1. The number of nitrogens with zero attached hydrogens (tertiary/aromatic N) is 1. The summed E-state index contributed by atoms with van der Waals surface area (Å²) >= 11 is 1.39. The Hall–Kier alpha value is -1.82. The van der Waals surface area contributed by atoms with Crippen LogP contribution in [0.5, 0.6) is 0 Å². The predicted molar refractivity (Wildman–Crippen MR) is 103 cm³/mol. The normalized spacial score (nSPS) is 22.9. The smallest absolute Gasteiger partial charge is 0.240 e. The molecule has 1 aromatic rings. The maximum absolute atomic E-state index is 12.3. The van der Waals surface area contributed by atoms with E-state index in [1.165, 1.54) is 36.6 Å². The minimum absolute atomic E-state index is 0.116. The molecule has 25 heavy (non-hydrogen) atoms. The Balaban J connectivity index is 1.55. The van der Waals surface area contributed by atoms with E-state index in [0.29, 0.717) is 11.2 Å². The van der Waals surface area contributed by atoms with Gasteiger partial charge in [-0.05, 0) is 49.9 Å². The van der Waals surface area contributed by atoms with Gasteiger partial charge in [-0.15, -0.1) is 0 Å². The van der Waals surface area contributed by atoms with E-state index in [4.69, 9.17) is 0 Å². The fraction of sp³-hybridized carbons (Fsp3) is 0.526. The zero-order chi connectivity index (χ0) is 17.8. The quantitative estimate of drug-likeness (QED) is 0.864. The first-order chi connectivity index (χ1) is 12.0. The lowest BCUT2D eigenvalue weighted by Gasteiger charge is -2.17. The number of rotatable bonds is 4. The Kier molecular flexibility index (Phi) is 5.78. The molecule has 0 bridgehead atoms. The highest BCUT2D eigenvalue weighted by molar-refractivity contribution is 8.15. The molecule has 3 rings (SSSR count). The molecule has 5 nitrogen and oxygen atoms in total. The van der Waals surface area contributed by atoms with Crippen molar-refractivity contribution in [3.63, 3.8) is 0 Å². The van der Waals surface area contributed by atoms with Gasteiger partial charge in [0.2, 0.25) is 11.8 Å². The molecular formula is C19H25N3O2S. The van der Waals surface area contributed by atoms with Crippen LogP contribution in [0.2, 0.25) is 0 Å². The van der Waals surface area contributed by atoms with Gasteiger partial charge in [0, 0.05) is 12.1 Å². The Bertz CT molecular complexity index is 696. The number of nitrogens with one attached hydrogen (secondary N) is 2. The van der Waals surface area contributed by atoms with E-state index in [9.17, 15) is 9.59 Å². The average Bonchev–Trinajstić information content (AvgIpc) is 2.91. The molecule has 2 N–H and O–H groups in total. The number of anilines is 1. The highest BCUT2D eigenvalue weighted by atomic mass is 32.2. The molecule has 2 fully saturated rings. The monoisotopic (exact) mass is 359 g/mol. The van der Waals surface area contributed by atoms with Crippen molar-refractivity contribution in [2.75, 3.05) is 5.32 Å². The molecule has 1 atom stereocenters. The molecule has 1 heterocycles. The van der Waals surface area contributed by atoms with Gasteiger partial charge in [0.05, 0.1) is 6.04 Å². The summed E-state index contributed by atoms with van der Waals surface area (Å²) in [5.74, 6) is -0.260. The van der Waals surface area contributed by atoms with Crippen LogP contribution in [0.25, 0.3) is 0 Å². The molecular weight excluding hydrogens is 334 g/mol. The largest absolute Gasteiger partial charge is 0.326 e. The maximum Gasteiger partial charge on any atom is 0.240 e. The Morgan fingerprint density at radius 2 is 2.00 bits per heavy atom. The van der Waals surface area contributed by atoms with E-state index in [1.807, 2.05) is 32.0 Å². The third-order valence-electron chi connectivity index (χ3n) is 4.81. The van der Waals surface area contributed by atoms with Crippen molar-refractivity contribution in [3.05, 3.63) is 29.3 Å². The van der Waals surface area contributed by atoms with Crippen molar-refractivity contribution in [3.8, 4) is 0 Å². The molecule has 0 spiro atoms. The summed E-state index contributed by atoms with van der Waals surface area (Å²) in [6.45, 7) is 4.05. The van der Waals surface area contributed by atoms with Crippen LogP contribution >= 0.6 is 11.8 Å². The van der Waals surface area contributed by atoms with Gasteiger partial charge in [-0.25, -0.2) is 0 Å². The lowest BCUT2D eigenvalue weighted by molar-refractivity contribution is -0.122. The summed E-state index contributed by atoms with van der Waals surface area (Å²) in [6, 6.07) is 6.14. The molecule has 0 aromatic heterocycles. The molecule has 1 unspecified atom stereocenters. The second-order valence-electron chi connectivity index (χ2n) is 6.87. The van der Waals surface area contributed by atoms with E-state index in [-0.39, 0.29) is 18.2 Å². The standard InChI is InChI=1S/C19H25N3O2S/c1-12-8-9-15(10-13(12)2)20-17(23)11-16-18(24)22-19(25-16)21-14-6-4-3-5-7-14/h8-10,14,16H,3-7,11H2,1-2H3,(H,20,23)(H,21,22,24). The molecule has 1 saturated carbocycles.